The van der Waals surface area contributed by atoms with Crippen molar-refractivity contribution in [2.45, 2.75) is 13.8 Å². The molecule has 0 aliphatic rings. The number of rotatable bonds is 3. The van der Waals surface area contributed by atoms with Crippen LogP contribution >= 0.6 is 12.2 Å². The number of benzene rings is 2. The first-order valence-corrected chi connectivity index (χ1v) is 7.29. The van der Waals surface area contributed by atoms with E-state index in [-0.39, 0.29) is 0 Å². The SMILES string of the molecule is Cc1ccc(C)c(NC(=S)Nc2ccc(N(C)C)cc2)c1. The predicted molar refractivity (Wildman–Crippen MR) is 96.5 cm³/mol. The van der Waals surface area contributed by atoms with Gasteiger partial charge in [-0.15, -0.1) is 0 Å². The van der Waals surface area contributed by atoms with Gasteiger partial charge >= 0.3 is 0 Å². The van der Waals surface area contributed by atoms with Crippen molar-refractivity contribution in [3.05, 3.63) is 53.6 Å². The molecule has 2 N–H and O–H groups in total. The van der Waals surface area contributed by atoms with Gasteiger partial charge in [0.1, 0.15) is 0 Å². The summed E-state index contributed by atoms with van der Waals surface area (Å²) < 4.78 is 0. The molecule has 0 bridgehead atoms. The Balaban J connectivity index is 2.03. The number of nitrogens with one attached hydrogen (secondary N) is 2. The van der Waals surface area contributed by atoms with Crippen LogP contribution in [0.4, 0.5) is 17.1 Å². The summed E-state index contributed by atoms with van der Waals surface area (Å²) >= 11 is 5.37. The summed E-state index contributed by atoms with van der Waals surface area (Å²) in [5, 5.41) is 7.05. The molecule has 0 amide bonds. The molecular weight excluding hydrogens is 278 g/mol. The third-order valence-electron chi connectivity index (χ3n) is 3.28. The quantitative estimate of drug-likeness (QED) is 0.832. The Kier molecular flexibility index (Phi) is 4.81. The van der Waals surface area contributed by atoms with Crippen LogP contribution in [0.15, 0.2) is 42.5 Å². The van der Waals surface area contributed by atoms with Gasteiger partial charge in [-0.25, -0.2) is 0 Å². The maximum atomic E-state index is 5.37. The lowest BCUT2D eigenvalue weighted by Crippen LogP contribution is -2.19. The molecule has 0 saturated carbocycles. The summed E-state index contributed by atoms with van der Waals surface area (Å²) in [6.07, 6.45) is 0. The Morgan fingerprint density at radius 1 is 0.952 bits per heavy atom. The Morgan fingerprint density at radius 2 is 1.62 bits per heavy atom. The van der Waals surface area contributed by atoms with Gasteiger partial charge in [-0.3, -0.25) is 0 Å². The van der Waals surface area contributed by atoms with Crippen molar-refractivity contribution in [3.63, 3.8) is 0 Å². The predicted octanol–water partition coefficient (Wildman–Crippen LogP) is 4.18. The van der Waals surface area contributed by atoms with Gasteiger partial charge in [0.05, 0.1) is 0 Å². The molecule has 2 aromatic carbocycles. The molecule has 2 rings (SSSR count). The van der Waals surface area contributed by atoms with Crippen LogP contribution in [0.1, 0.15) is 11.1 Å². The van der Waals surface area contributed by atoms with Crippen molar-refractivity contribution in [1.29, 1.82) is 0 Å². The number of aryl methyl sites for hydroxylation is 2. The summed E-state index contributed by atoms with van der Waals surface area (Å²) in [4.78, 5) is 2.07. The summed E-state index contributed by atoms with van der Waals surface area (Å²) in [7, 11) is 4.05. The van der Waals surface area contributed by atoms with Crippen LogP contribution in [0.3, 0.4) is 0 Å². The molecule has 0 aromatic heterocycles. The molecule has 2 aromatic rings. The van der Waals surface area contributed by atoms with Crippen LogP contribution in [-0.2, 0) is 0 Å². The van der Waals surface area contributed by atoms with Crippen LogP contribution in [-0.4, -0.2) is 19.2 Å². The summed E-state index contributed by atoms with van der Waals surface area (Å²) in [5.41, 5.74) is 5.56. The van der Waals surface area contributed by atoms with E-state index in [1.165, 1.54) is 11.1 Å². The molecular formula is C17H21N3S. The molecule has 0 aliphatic carbocycles. The standard InChI is InChI=1S/C17H21N3S/c1-12-5-6-13(2)16(11-12)19-17(21)18-14-7-9-15(10-8-14)20(3)4/h5-11H,1-4H3,(H2,18,19,21). The minimum absolute atomic E-state index is 0.598. The smallest absolute Gasteiger partial charge is 0.175 e. The van der Waals surface area contributed by atoms with Crippen LogP contribution in [0.25, 0.3) is 0 Å². The third-order valence-corrected chi connectivity index (χ3v) is 3.49. The topological polar surface area (TPSA) is 27.3 Å². The highest BCUT2D eigenvalue weighted by molar-refractivity contribution is 7.80. The molecule has 21 heavy (non-hydrogen) atoms. The van der Waals surface area contributed by atoms with E-state index in [0.29, 0.717) is 5.11 Å². The van der Waals surface area contributed by atoms with Gasteiger partial charge in [0.25, 0.3) is 0 Å². The van der Waals surface area contributed by atoms with Gasteiger partial charge in [0.15, 0.2) is 5.11 Å². The molecule has 3 nitrogen and oxygen atoms in total. The fourth-order valence-corrected chi connectivity index (χ4v) is 2.23. The van der Waals surface area contributed by atoms with Gasteiger partial charge in [-0.2, -0.15) is 0 Å². The van der Waals surface area contributed by atoms with Crippen molar-refractivity contribution < 1.29 is 0 Å². The average molecular weight is 299 g/mol. The summed E-state index contributed by atoms with van der Waals surface area (Å²) in [5.74, 6) is 0. The van der Waals surface area contributed by atoms with E-state index in [1.54, 1.807) is 0 Å². The first kappa shape index (κ1) is 15.3. The van der Waals surface area contributed by atoms with Crippen LogP contribution < -0.4 is 15.5 Å². The molecule has 110 valence electrons. The Labute approximate surface area is 132 Å². The van der Waals surface area contributed by atoms with Crippen LogP contribution in [0, 0.1) is 13.8 Å². The van der Waals surface area contributed by atoms with E-state index in [9.17, 15) is 0 Å². The monoisotopic (exact) mass is 299 g/mol. The summed E-state index contributed by atoms with van der Waals surface area (Å²) in [6, 6.07) is 14.4. The highest BCUT2D eigenvalue weighted by Crippen LogP contribution is 2.18. The third kappa shape index (κ3) is 4.20. The fourth-order valence-electron chi connectivity index (χ4n) is 2.00. The van der Waals surface area contributed by atoms with E-state index < -0.39 is 0 Å². The number of thiocarbonyl (C=S) groups is 1. The molecule has 0 unspecified atom stereocenters. The second-order valence-electron chi connectivity index (χ2n) is 5.34. The number of hydrogen-bond donors (Lipinski definition) is 2. The second-order valence-corrected chi connectivity index (χ2v) is 5.75. The molecule has 0 spiro atoms. The number of anilines is 3. The lowest BCUT2D eigenvalue weighted by molar-refractivity contribution is 1.13. The average Bonchev–Trinajstić information content (AvgIpc) is 2.43. The van der Waals surface area contributed by atoms with E-state index in [2.05, 4.69) is 59.7 Å². The lowest BCUT2D eigenvalue weighted by Gasteiger charge is -2.15. The highest BCUT2D eigenvalue weighted by Gasteiger charge is 2.03. The molecule has 0 aliphatic heterocycles. The van der Waals surface area contributed by atoms with Crippen molar-refractivity contribution >= 4 is 34.4 Å². The maximum Gasteiger partial charge on any atom is 0.175 e. The Hall–Kier alpha value is -2.07. The zero-order chi connectivity index (χ0) is 15.4. The Morgan fingerprint density at radius 3 is 2.24 bits per heavy atom. The maximum absolute atomic E-state index is 5.37. The van der Waals surface area contributed by atoms with E-state index >= 15 is 0 Å². The molecule has 0 heterocycles. The van der Waals surface area contributed by atoms with Crippen LogP contribution in [0.2, 0.25) is 0 Å². The summed E-state index contributed by atoms with van der Waals surface area (Å²) in [6.45, 7) is 4.14. The molecule has 4 heteroatoms. The highest BCUT2D eigenvalue weighted by atomic mass is 32.1. The van der Waals surface area contributed by atoms with Gasteiger partial charge in [-0.05, 0) is 67.5 Å². The van der Waals surface area contributed by atoms with Crippen molar-refractivity contribution in [2.24, 2.45) is 0 Å². The minimum atomic E-state index is 0.598. The molecule has 0 radical (unpaired) electrons. The van der Waals surface area contributed by atoms with E-state index in [0.717, 1.165) is 17.1 Å². The number of nitrogens with zero attached hydrogens (tertiary/aromatic N) is 1. The van der Waals surface area contributed by atoms with Gasteiger partial charge in [0.2, 0.25) is 0 Å². The molecule has 0 fully saturated rings. The van der Waals surface area contributed by atoms with Crippen LogP contribution in [0.5, 0.6) is 0 Å². The first-order valence-electron chi connectivity index (χ1n) is 6.88. The normalized spacial score (nSPS) is 10.1. The lowest BCUT2D eigenvalue weighted by atomic mass is 10.1. The molecule has 0 atom stereocenters. The van der Waals surface area contributed by atoms with Gasteiger partial charge in [-0.1, -0.05) is 12.1 Å². The fraction of sp³-hybridized carbons (Fsp3) is 0.235. The van der Waals surface area contributed by atoms with E-state index in [1.807, 2.05) is 26.2 Å². The van der Waals surface area contributed by atoms with Gasteiger partial charge < -0.3 is 15.5 Å². The first-order chi connectivity index (χ1) is 9.95. The minimum Gasteiger partial charge on any atom is -0.378 e. The zero-order valence-electron chi connectivity index (χ0n) is 12.9. The van der Waals surface area contributed by atoms with Crippen molar-refractivity contribution in [3.8, 4) is 0 Å². The van der Waals surface area contributed by atoms with Crippen molar-refractivity contribution in [1.82, 2.24) is 0 Å². The number of hydrogen-bond acceptors (Lipinski definition) is 2. The molecule has 0 saturated heterocycles. The van der Waals surface area contributed by atoms with Crippen molar-refractivity contribution in [2.75, 3.05) is 29.6 Å². The van der Waals surface area contributed by atoms with E-state index in [4.69, 9.17) is 12.2 Å². The Bertz CT molecular complexity index is 633. The second kappa shape index (κ2) is 6.59. The largest absolute Gasteiger partial charge is 0.378 e. The van der Waals surface area contributed by atoms with Gasteiger partial charge in [0, 0.05) is 31.2 Å². The zero-order valence-corrected chi connectivity index (χ0v) is 13.7.